The van der Waals surface area contributed by atoms with Crippen LogP contribution < -0.4 is 0 Å². The summed E-state index contributed by atoms with van der Waals surface area (Å²) in [5.74, 6) is 0. The number of alkyl halides is 1. The summed E-state index contributed by atoms with van der Waals surface area (Å²) in [5, 5.41) is 4.49. The molecule has 0 aliphatic rings. The molecule has 2 aromatic heterocycles. The second kappa shape index (κ2) is 3.20. The molecule has 3 nitrogen and oxygen atoms in total. The predicted octanol–water partition coefficient (Wildman–Crippen LogP) is 2.47. The molecule has 0 radical (unpaired) electrons. The molecular formula is C9H9ClFN3. The molecule has 0 N–H and O–H groups in total. The molecule has 2 rings (SSSR count). The second-order valence-corrected chi connectivity index (χ2v) is 3.53. The highest BCUT2D eigenvalue weighted by Crippen LogP contribution is 2.19. The highest BCUT2D eigenvalue weighted by molar-refractivity contribution is 6.30. The molecule has 0 aromatic carbocycles. The van der Waals surface area contributed by atoms with Crippen molar-refractivity contribution in [2.45, 2.75) is 20.5 Å². The van der Waals surface area contributed by atoms with Crippen molar-refractivity contribution in [3.8, 4) is 0 Å². The summed E-state index contributed by atoms with van der Waals surface area (Å²) in [6, 6.07) is 0. The quantitative estimate of drug-likeness (QED) is 0.729. The van der Waals surface area contributed by atoms with Crippen LogP contribution >= 0.6 is 11.6 Å². The normalized spacial score (nSPS) is 11.1. The number of aromatic nitrogens is 3. The number of fused-ring (bicyclic) bond motifs is 1. The lowest BCUT2D eigenvalue weighted by Crippen LogP contribution is -1.97. The van der Waals surface area contributed by atoms with E-state index in [1.165, 1.54) is 4.52 Å². The van der Waals surface area contributed by atoms with Crippen molar-refractivity contribution in [2.75, 3.05) is 0 Å². The fourth-order valence-electron chi connectivity index (χ4n) is 1.31. The molecule has 0 saturated heterocycles. The van der Waals surface area contributed by atoms with Crippen molar-refractivity contribution in [3.63, 3.8) is 0 Å². The van der Waals surface area contributed by atoms with Crippen molar-refractivity contribution in [2.24, 2.45) is 0 Å². The Hall–Kier alpha value is -1.16. The number of imidazole rings is 1. The second-order valence-electron chi connectivity index (χ2n) is 3.17. The Bertz CT molecular complexity index is 492. The molecule has 0 spiro atoms. The standard InChI is InChI=1S/C9H9ClFN3/c1-5-6(2)9-12-7(3-11)4-14(9)13-8(5)10/h4H,3H2,1-2H3. The molecule has 0 amide bonds. The van der Waals surface area contributed by atoms with E-state index >= 15 is 0 Å². The Balaban J connectivity index is 2.81. The zero-order chi connectivity index (χ0) is 10.3. The first-order chi connectivity index (χ1) is 6.63. The van der Waals surface area contributed by atoms with Gasteiger partial charge in [0.05, 0.1) is 11.9 Å². The van der Waals surface area contributed by atoms with Crippen LogP contribution in [0.5, 0.6) is 0 Å². The summed E-state index contributed by atoms with van der Waals surface area (Å²) in [6.07, 6.45) is 1.55. The Morgan fingerprint density at radius 3 is 2.79 bits per heavy atom. The SMILES string of the molecule is Cc1c(Cl)nn2cc(CF)nc2c1C. The van der Waals surface area contributed by atoms with Gasteiger partial charge in [0, 0.05) is 0 Å². The molecule has 0 bridgehead atoms. The van der Waals surface area contributed by atoms with Crippen LogP contribution in [0.15, 0.2) is 6.20 Å². The Labute approximate surface area is 85.5 Å². The van der Waals surface area contributed by atoms with E-state index in [9.17, 15) is 4.39 Å². The van der Waals surface area contributed by atoms with E-state index in [4.69, 9.17) is 11.6 Å². The minimum Gasteiger partial charge on any atom is -0.244 e. The number of rotatable bonds is 1. The number of hydrogen-bond acceptors (Lipinski definition) is 2. The van der Waals surface area contributed by atoms with E-state index in [0.717, 1.165) is 11.1 Å². The summed E-state index contributed by atoms with van der Waals surface area (Å²) in [7, 11) is 0. The smallest absolute Gasteiger partial charge is 0.157 e. The van der Waals surface area contributed by atoms with Crippen molar-refractivity contribution < 1.29 is 4.39 Å². The molecule has 0 unspecified atom stereocenters. The molecular weight excluding hydrogens is 205 g/mol. The van der Waals surface area contributed by atoms with Gasteiger partial charge >= 0.3 is 0 Å². The molecule has 0 aliphatic heterocycles. The van der Waals surface area contributed by atoms with Gasteiger partial charge in [0.2, 0.25) is 0 Å². The highest BCUT2D eigenvalue weighted by atomic mass is 35.5. The molecule has 0 aliphatic carbocycles. The van der Waals surface area contributed by atoms with Crippen molar-refractivity contribution in [1.82, 2.24) is 14.6 Å². The lowest BCUT2D eigenvalue weighted by molar-refractivity contribution is 0.477. The van der Waals surface area contributed by atoms with E-state index in [0.29, 0.717) is 16.5 Å². The van der Waals surface area contributed by atoms with E-state index in [2.05, 4.69) is 10.1 Å². The first-order valence-electron chi connectivity index (χ1n) is 4.20. The Morgan fingerprint density at radius 1 is 1.43 bits per heavy atom. The van der Waals surface area contributed by atoms with Gasteiger partial charge in [-0.2, -0.15) is 5.10 Å². The molecule has 5 heteroatoms. The van der Waals surface area contributed by atoms with Gasteiger partial charge in [0.25, 0.3) is 0 Å². The van der Waals surface area contributed by atoms with Gasteiger partial charge in [-0.1, -0.05) is 11.6 Å². The van der Waals surface area contributed by atoms with Crippen LogP contribution in [0, 0.1) is 13.8 Å². The van der Waals surface area contributed by atoms with E-state index in [1.807, 2.05) is 13.8 Å². The minimum absolute atomic E-state index is 0.377. The first kappa shape index (κ1) is 9.40. The van der Waals surface area contributed by atoms with Crippen LogP contribution in [0.25, 0.3) is 5.65 Å². The Kier molecular flexibility index (Phi) is 2.15. The van der Waals surface area contributed by atoms with Gasteiger partial charge in [-0.3, -0.25) is 0 Å². The van der Waals surface area contributed by atoms with E-state index in [-0.39, 0.29) is 0 Å². The van der Waals surface area contributed by atoms with Gasteiger partial charge < -0.3 is 0 Å². The highest BCUT2D eigenvalue weighted by Gasteiger charge is 2.09. The predicted molar refractivity (Wildman–Crippen MR) is 52.3 cm³/mol. The summed E-state index contributed by atoms with van der Waals surface area (Å²) in [5.41, 5.74) is 2.86. The largest absolute Gasteiger partial charge is 0.244 e. The first-order valence-corrected chi connectivity index (χ1v) is 4.58. The number of halogens is 2. The molecule has 2 heterocycles. The summed E-state index contributed by atoms with van der Waals surface area (Å²) in [4.78, 5) is 4.10. The summed E-state index contributed by atoms with van der Waals surface area (Å²) < 4.78 is 13.9. The monoisotopic (exact) mass is 213 g/mol. The number of nitrogens with zero attached hydrogens (tertiary/aromatic N) is 3. The van der Waals surface area contributed by atoms with Crippen LogP contribution in [-0.4, -0.2) is 14.6 Å². The van der Waals surface area contributed by atoms with E-state index < -0.39 is 6.67 Å². The molecule has 14 heavy (non-hydrogen) atoms. The average molecular weight is 214 g/mol. The lowest BCUT2D eigenvalue weighted by Gasteiger charge is -2.02. The zero-order valence-corrected chi connectivity index (χ0v) is 8.64. The molecule has 0 atom stereocenters. The topological polar surface area (TPSA) is 30.2 Å². The maximum Gasteiger partial charge on any atom is 0.157 e. The maximum atomic E-state index is 12.4. The van der Waals surface area contributed by atoms with Gasteiger partial charge in [0.1, 0.15) is 6.67 Å². The van der Waals surface area contributed by atoms with E-state index in [1.54, 1.807) is 6.20 Å². The average Bonchev–Trinajstić information content (AvgIpc) is 2.57. The van der Waals surface area contributed by atoms with Crippen LogP contribution in [0.1, 0.15) is 16.8 Å². The molecule has 0 saturated carbocycles. The van der Waals surface area contributed by atoms with Crippen LogP contribution in [0.3, 0.4) is 0 Å². The number of hydrogen-bond donors (Lipinski definition) is 0. The minimum atomic E-state index is -0.584. The van der Waals surface area contributed by atoms with Gasteiger partial charge in [-0.25, -0.2) is 13.9 Å². The third kappa shape index (κ3) is 1.26. The van der Waals surface area contributed by atoms with Gasteiger partial charge in [0.15, 0.2) is 10.8 Å². The maximum absolute atomic E-state index is 12.4. The molecule has 2 aromatic rings. The van der Waals surface area contributed by atoms with Gasteiger partial charge in [-0.15, -0.1) is 0 Å². The van der Waals surface area contributed by atoms with Crippen LogP contribution in [0.2, 0.25) is 5.15 Å². The van der Waals surface area contributed by atoms with Gasteiger partial charge in [-0.05, 0) is 25.0 Å². The summed E-state index contributed by atoms with van der Waals surface area (Å²) in [6.45, 7) is 3.18. The van der Waals surface area contributed by atoms with Crippen molar-refractivity contribution >= 4 is 17.2 Å². The molecule has 0 fully saturated rings. The lowest BCUT2D eigenvalue weighted by atomic mass is 10.2. The fourth-order valence-corrected chi connectivity index (χ4v) is 1.53. The fraction of sp³-hybridized carbons (Fsp3) is 0.333. The zero-order valence-electron chi connectivity index (χ0n) is 7.88. The third-order valence-corrected chi connectivity index (χ3v) is 2.64. The van der Waals surface area contributed by atoms with Crippen molar-refractivity contribution in [1.29, 1.82) is 0 Å². The van der Waals surface area contributed by atoms with Crippen molar-refractivity contribution in [3.05, 3.63) is 28.2 Å². The molecule has 74 valence electrons. The number of aryl methyl sites for hydroxylation is 1. The third-order valence-electron chi connectivity index (χ3n) is 2.28. The van der Waals surface area contributed by atoms with Crippen LogP contribution in [0.4, 0.5) is 4.39 Å². The Morgan fingerprint density at radius 2 is 2.14 bits per heavy atom. The summed E-state index contributed by atoms with van der Waals surface area (Å²) >= 11 is 5.89. The van der Waals surface area contributed by atoms with Crippen LogP contribution in [-0.2, 0) is 6.67 Å².